The Bertz CT molecular complexity index is 172. The number of rotatable bonds is 2. The second-order valence-electron chi connectivity index (χ2n) is 3.14. The number of ether oxygens (including phenoxy) is 1. The highest BCUT2D eigenvalue weighted by atomic mass is 35.5. The maximum atomic E-state index is 5.39. The third-order valence-corrected chi connectivity index (χ3v) is 2.39. The lowest BCUT2D eigenvalue weighted by atomic mass is 9.88. The van der Waals surface area contributed by atoms with E-state index >= 15 is 0 Å². The molecule has 1 aliphatic rings. The summed E-state index contributed by atoms with van der Waals surface area (Å²) in [5, 5.41) is 2.48. The van der Waals surface area contributed by atoms with Crippen molar-refractivity contribution in [2.75, 3.05) is 13.7 Å². The van der Waals surface area contributed by atoms with Crippen LogP contribution in [0, 0.1) is 16.7 Å². The van der Waals surface area contributed by atoms with Gasteiger partial charge in [0.15, 0.2) is 0 Å². The van der Waals surface area contributed by atoms with Gasteiger partial charge in [-0.25, -0.2) is 0 Å². The monoisotopic (exact) mass is 172 g/mol. The topological polar surface area (TPSA) is 9.23 Å². The Balaban J connectivity index is 2.59. The van der Waals surface area contributed by atoms with Crippen LogP contribution < -0.4 is 0 Å². The van der Waals surface area contributed by atoms with Crippen molar-refractivity contribution in [2.24, 2.45) is 5.41 Å². The van der Waals surface area contributed by atoms with Crippen molar-refractivity contribution in [3.63, 3.8) is 0 Å². The summed E-state index contributed by atoms with van der Waals surface area (Å²) in [5.74, 6) is 3.05. The van der Waals surface area contributed by atoms with Crippen LogP contribution in [-0.4, -0.2) is 13.7 Å². The van der Waals surface area contributed by atoms with Gasteiger partial charge in [-0.05, 0) is 24.4 Å². The van der Waals surface area contributed by atoms with Gasteiger partial charge in [0, 0.05) is 12.5 Å². The number of methoxy groups -OCH3 is 1. The lowest BCUT2D eigenvalue weighted by Crippen LogP contribution is -2.20. The van der Waals surface area contributed by atoms with Crippen molar-refractivity contribution in [2.45, 2.75) is 25.7 Å². The summed E-state index contributed by atoms with van der Waals surface area (Å²) in [5.41, 5.74) is 0.0799. The molecular formula is C9H13ClO. The summed E-state index contributed by atoms with van der Waals surface area (Å²) in [7, 11) is 1.72. The minimum absolute atomic E-state index is 0.0799. The molecule has 0 aromatic rings. The van der Waals surface area contributed by atoms with Gasteiger partial charge in [0.1, 0.15) is 0 Å². The molecule has 0 saturated heterocycles. The van der Waals surface area contributed by atoms with Gasteiger partial charge in [0.25, 0.3) is 0 Å². The zero-order chi connectivity index (χ0) is 8.16. The van der Waals surface area contributed by atoms with Gasteiger partial charge in [-0.2, -0.15) is 0 Å². The Morgan fingerprint density at radius 2 is 2.09 bits per heavy atom. The molecule has 0 aliphatic heterocycles. The molecule has 0 heterocycles. The lowest BCUT2D eigenvalue weighted by Gasteiger charge is -2.20. The summed E-state index contributed by atoms with van der Waals surface area (Å²) in [6.07, 6.45) is 4.80. The van der Waals surface area contributed by atoms with Gasteiger partial charge in [0.05, 0.1) is 12.0 Å². The third-order valence-electron chi connectivity index (χ3n) is 2.29. The van der Waals surface area contributed by atoms with E-state index < -0.39 is 0 Å². The molecule has 0 amide bonds. The van der Waals surface area contributed by atoms with E-state index in [2.05, 4.69) is 11.3 Å². The van der Waals surface area contributed by atoms with E-state index in [1.54, 1.807) is 7.11 Å². The van der Waals surface area contributed by atoms with Crippen molar-refractivity contribution >= 4 is 11.6 Å². The van der Waals surface area contributed by atoms with Crippen molar-refractivity contribution in [3.8, 4) is 11.3 Å². The van der Waals surface area contributed by atoms with Crippen molar-refractivity contribution < 1.29 is 4.74 Å². The Morgan fingerprint density at radius 3 is 2.55 bits per heavy atom. The molecule has 1 fully saturated rings. The summed E-state index contributed by atoms with van der Waals surface area (Å²) in [6.45, 7) is 0.729. The van der Waals surface area contributed by atoms with Crippen molar-refractivity contribution in [3.05, 3.63) is 0 Å². The second-order valence-corrected chi connectivity index (χ2v) is 3.33. The molecule has 0 atom stereocenters. The van der Waals surface area contributed by atoms with E-state index in [0.717, 1.165) is 19.4 Å². The van der Waals surface area contributed by atoms with Crippen molar-refractivity contribution in [1.29, 1.82) is 0 Å². The van der Waals surface area contributed by atoms with Gasteiger partial charge in [0.2, 0.25) is 0 Å². The molecule has 2 heteroatoms. The van der Waals surface area contributed by atoms with E-state index in [1.807, 2.05) is 0 Å². The van der Waals surface area contributed by atoms with Gasteiger partial charge < -0.3 is 4.74 Å². The molecule has 11 heavy (non-hydrogen) atoms. The average molecular weight is 173 g/mol. The molecule has 1 nitrogen and oxygen atoms in total. The first-order valence-corrected chi connectivity index (χ1v) is 4.32. The van der Waals surface area contributed by atoms with Crippen molar-refractivity contribution in [1.82, 2.24) is 0 Å². The normalized spacial score (nSPS) is 20.9. The number of hydrogen-bond acceptors (Lipinski definition) is 1. The van der Waals surface area contributed by atoms with Gasteiger partial charge >= 0.3 is 0 Å². The van der Waals surface area contributed by atoms with Crippen LogP contribution in [0.5, 0.6) is 0 Å². The lowest BCUT2D eigenvalue weighted by molar-refractivity contribution is 0.121. The van der Waals surface area contributed by atoms with Crippen LogP contribution >= 0.6 is 11.6 Å². The maximum Gasteiger partial charge on any atom is 0.0628 e. The van der Waals surface area contributed by atoms with E-state index in [9.17, 15) is 0 Å². The summed E-state index contributed by atoms with van der Waals surface area (Å²) in [6, 6.07) is 0. The molecule has 1 saturated carbocycles. The first-order valence-electron chi connectivity index (χ1n) is 3.95. The second kappa shape index (κ2) is 3.99. The Morgan fingerprint density at radius 1 is 1.45 bits per heavy atom. The number of hydrogen-bond donors (Lipinski definition) is 0. The van der Waals surface area contributed by atoms with Crippen LogP contribution in [0.25, 0.3) is 0 Å². The molecular weight excluding hydrogens is 160 g/mol. The Hall–Kier alpha value is -0.190. The van der Waals surface area contributed by atoms with E-state index in [4.69, 9.17) is 16.3 Å². The average Bonchev–Trinajstić information content (AvgIpc) is 2.39. The largest absolute Gasteiger partial charge is 0.383 e. The predicted molar refractivity (Wildman–Crippen MR) is 46.4 cm³/mol. The summed E-state index contributed by atoms with van der Waals surface area (Å²) >= 11 is 5.39. The molecule has 0 radical (unpaired) electrons. The summed E-state index contributed by atoms with van der Waals surface area (Å²) < 4.78 is 5.12. The fourth-order valence-electron chi connectivity index (χ4n) is 1.73. The van der Waals surface area contributed by atoms with Crippen LogP contribution in [0.1, 0.15) is 25.7 Å². The van der Waals surface area contributed by atoms with Gasteiger partial charge in [-0.15, -0.1) is 0 Å². The van der Waals surface area contributed by atoms with E-state index in [-0.39, 0.29) is 5.41 Å². The highest BCUT2D eigenvalue weighted by Gasteiger charge is 2.31. The zero-order valence-electron chi connectivity index (χ0n) is 6.82. The first-order chi connectivity index (χ1) is 5.33. The molecule has 0 N–H and O–H groups in total. The summed E-state index contributed by atoms with van der Waals surface area (Å²) in [4.78, 5) is 0. The molecule has 0 spiro atoms. The Labute approximate surface area is 73.1 Å². The molecule has 0 aromatic heterocycles. The van der Waals surface area contributed by atoms with Crippen LogP contribution in [0.2, 0.25) is 0 Å². The highest BCUT2D eigenvalue weighted by molar-refractivity contribution is 6.30. The highest BCUT2D eigenvalue weighted by Crippen LogP contribution is 2.37. The third kappa shape index (κ3) is 2.12. The first kappa shape index (κ1) is 8.90. The molecule has 0 aromatic carbocycles. The van der Waals surface area contributed by atoms with E-state index in [0.29, 0.717) is 0 Å². The van der Waals surface area contributed by atoms with Crippen LogP contribution in [0.4, 0.5) is 0 Å². The van der Waals surface area contributed by atoms with Gasteiger partial charge in [-0.1, -0.05) is 18.8 Å². The zero-order valence-corrected chi connectivity index (χ0v) is 7.58. The smallest absolute Gasteiger partial charge is 0.0628 e. The molecule has 62 valence electrons. The minimum Gasteiger partial charge on any atom is -0.383 e. The SMILES string of the molecule is COCC1(C#CCl)CCCC1. The molecule has 0 unspecified atom stereocenters. The molecule has 1 aliphatic carbocycles. The quantitative estimate of drug-likeness (QED) is 0.582. The minimum atomic E-state index is 0.0799. The molecule has 1 rings (SSSR count). The molecule has 0 bridgehead atoms. The van der Waals surface area contributed by atoms with E-state index in [1.165, 1.54) is 12.8 Å². The van der Waals surface area contributed by atoms with Crippen LogP contribution in [0.15, 0.2) is 0 Å². The standard InChI is InChI=1S/C9H13ClO/c1-11-8-9(6-7-10)4-2-3-5-9/h2-5,8H2,1H3. The van der Waals surface area contributed by atoms with Gasteiger partial charge in [-0.3, -0.25) is 0 Å². The fraction of sp³-hybridized carbons (Fsp3) is 0.778. The maximum absolute atomic E-state index is 5.39. The van der Waals surface area contributed by atoms with Crippen LogP contribution in [-0.2, 0) is 4.74 Å². The fourth-order valence-corrected chi connectivity index (χ4v) is 1.93. The predicted octanol–water partition coefficient (Wildman–Crippen LogP) is 2.39. The number of halogens is 1. The van der Waals surface area contributed by atoms with Crippen LogP contribution in [0.3, 0.4) is 0 Å². The Kier molecular flexibility index (Phi) is 3.23.